The molecule has 24 heavy (non-hydrogen) atoms. The maximum absolute atomic E-state index is 12.4. The minimum Gasteiger partial charge on any atom is -0.312 e. The molecule has 3 rings (SSSR count). The quantitative estimate of drug-likeness (QED) is 0.905. The van der Waals surface area contributed by atoms with Crippen LogP contribution in [-0.4, -0.2) is 28.6 Å². The zero-order valence-electron chi connectivity index (χ0n) is 13.8. The number of hydrogen-bond donors (Lipinski definition) is 1. The molecule has 2 amide bonds. The summed E-state index contributed by atoms with van der Waals surface area (Å²) in [6.45, 7) is 4.45. The molecule has 126 valence electrons. The number of aromatic nitrogens is 2. The van der Waals surface area contributed by atoms with Gasteiger partial charge in [0.15, 0.2) is 0 Å². The van der Waals surface area contributed by atoms with Gasteiger partial charge in [0.2, 0.25) is 16.9 Å². The first-order chi connectivity index (χ1) is 11.6. The van der Waals surface area contributed by atoms with Crippen molar-refractivity contribution in [2.24, 2.45) is 5.92 Å². The number of hydrogen-bond acceptors (Lipinski definition) is 5. The van der Waals surface area contributed by atoms with E-state index in [-0.39, 0.29) is 24.2 Å². The highest BCUT2D eigenvalue weighted by Gasteiger charge is 2.35. The average Bonchev–Trinajstić information content (AvgIpc) is 3.14. The normalized spacial score (nSPS) is 17.3. The summed E-state index contributed by atoms with van der Waals surface area (Å²) in [5.74, 6) is -0.557. The van der Waals surface area contributed by atoms with Crippen molar-refractivity contribution in [1.29, 1.82) is 0 Å². The van der Waals surface area contributed by atoms with Crippen LogP contribution in [0.5, 0.6) is 0 Å². The molecule has 2 aromatic rings. The van der Waals surface area contributed by atoms with Gasteiger partial charge in [-0.15, -0.1) is 10.2 Å². The molecule has 1 saturated heterocycles. The Labute approximate surface area is 144 Å². The third-order valence-electron chi connectivity index (χ3n) is 3.97. The number of aryl methyl sites for hydroxylation is 2. The van der Waals surface area contributed by atoms with Gasteiger partial charge in [0.1, 0.15) is 5.01 Å². The molecule has 0 saturated carbocycles. The van der Waals surface area contributed by atoms with Crippen molar-refractivity contribution in [3.63, 3.8) is 0 Å². The molecule has 0 aliphatic carbocycles. The predicted molar refractivity (Wildman–Crippen MR) is 94.2 cm³/mol. The van der Waals surface area contributed by atoms with Crippen molar-refractivity contribution in [3.05, 3.63) is 34.8 Å². The Kier molecular flexibility index (Phi) is 4.89. The number of nitrogens with zero attached hydrogens (tertiary/aromatic N) is 3. The maximum atomic E-state index is 12.4. The smallest absolute Gasteiger partial charge is 0.231 e. The minimum atomic E-state index is -0.364. The zero-order valence-corrected chi connectivity index (χ0v) is 14.6. The molecule has 0 radical (unpaired) electrons. The number of anilines is 2. The Balaban J connectivity index is 1.65. The molecule has 7 heteroatoms. The molecule has 1 aromatic heterocycles. The topological polar surface area (TPSA) is 75.2 Å². The van der Waals surface area contributed by atoms with E-state index >= 15 is 0 Å². The largest absolute Gasteiger partial charge is 0.312 e. The summed E-state index contributed by atoms with van der Waals surface area (Å²) < 4.78 is 0. The summed E-state index contributed by atoms with van der Waals surface area (Å²) >= 11 is 1.39. The van der Waals surface area contributed by atoms with Gasteiger partial charge in [0, 0.05) is 25.1 Å². The standard InChI is InChI=1S/C17H20N4O2S/c1-3-5-14-19-20-17(24-14)18-16(23)12-9-15(22)21(10-12)13-7-4-6-11(2)8-13/h4,6-8,12H,3,5,9-10H2,1-2H3,(H,18,20,23)/t12-/m1/s1. The van der Waals surface area contributed by atoms with Crippen molar-refractivity contribution in [3.8, 4) is 0 Å². The average molecular weight is 344 g/mol. The number of amides is 2. The fourth-order valence-electron chi connectivity index (χ4n) is 2.76. The molecule has 6 nitrogen and oxygen atoms in total. The van der Waals surface area contributed by atoms with Crippen molar-refractivity contribution < 1.29 is 9.59 Å². The van der Waals surface area contributed by atoms with E-state index in [1.165, 1.54) is 11.3 Å². The van der Waals surface area contributed by atoms with Gasteiger partial charge < -0.3 is 10.2 Å². The lowest BCUT2D eigenvalue weighted by atomic mass is 10.1. The van der Waals surface area contributed by atoms with Crippen LogP contribution in [0.4, 0.5) is 10.8 Å². The van der Waals surface area contributed by atoms with E-state index in [1.807, 2.05) is 31.2 Å². The first-order valence-electron chi connectivity index (χ1n) is 8.07. The van der Waals surface area contributed by atoms with Crippen molar-refractivity contribution in [2.45, 2.75) is 33.1 Å². The second kappa shape index (κ2) is 7.09. The molecule has 1 aromatic carbocycles. The van der Waals surface area contributed by atoms with Gasteiger partial charge in [-0.3, -0.25) is 9.59 Å². The Bertz CT molecular complexity index is 759. The Morgan fingerprint density at radius 3 is 3.00 bits per heavy atom. The van der Waals surface area contributed by atoms with Gasteiger partial charge in [-0.1, -0.05) is 30.4 Å². The highest BCUT2D eigenvalue weighted by molar-refractivity contribution is 7.15. The van der Waals surface area contributed by atoms with Crippen molar-refractivity contribution >= 4 is 34.0 Å². The molecule has 1 aliphatic rings. The van der Waals surface area contributed by atoms with E-state index in [0.29, 0.717) is 11.7 Å². The lowest BCUT2D eigenvalue weighted by molar-refractivity contribution is -0.122. The molecule has 0 spiro atoms. The molecule has 1 fully saturated rings. The third kappa shape index (κ3) is 3.62. The van der Waals surface area contributed by atoms with E-state index in [4.69, 9.17) is 0 Å². The molecular formula is C17H20N4O2S. The van der Waals surface area contributed by atoms with Gasteiger partial charge >= 0.3 is 0 Å². The van der Waals surface area contributed by atoms with E-state index in [0.717, 1.165) is 29.1 Å². The molecule has 1 N–H and O–H groups in total. The molecule has 0 unspecified atom stereocenters. The van der Waals surface area contributed by atoms with Gasteiger partial charge in [-0.25, -0.2) is 0 Å². The molecule has 2 heterocycles. The summed E-state index contributed by atoms with van der Waals surface area (Å²) in [5.41, 5.74) is 1.93. The van der Waals surface area contributed by atoms with Crippen LogP contribution < -0.4 is 10.2 Å². The van der Waals surface area contributed by atoms with E-state index < -0.39 is 0 Å². The van der Waals surface area contributed by atoms with Crippen LogP contribution in [0.2, 0.25) is 0 Å². The van der Waals surface area contributed by atoms with Gasteiger partial charge in [-0.05, 0) is 31.0 Å². The Morgan fingerprint density at radius 2 is 2.25 bits per heavy atom. The van der Waals surface area contributed by atoms with Crippen LogP contribution in [0.3, 0.4) is 0 Å². The van der Waals surface area contributed by atoms with E-state index in [2.05, 4.69) is 22.4 Å². The lowest BCUT2D eigenvalue weighted by Gasteiger charge is -2.17. The first kappa shape index (κ1) is 16.6. The van der Waals surface area contributed by atoms with Crippen LogP contribution in [0.15, 0.2) is 24.3 Å². The number of nitrogens with one attached hydrogen (secondary N) is 1. The third-order valence-corrected chi connectivity index (χ3v) is 4.87. The van der Waals surface area contributed by atoms with E-state index in [1.54, 1.807) is 4.90 Å². The fourth-order valence-corrected chi connectivity index (χ4v) is 3.60. The van der Waals surface area contributed by atoms with Crippen molar-refractivity contribution in [2.75, 3.05) is 16.8 Å². The lowest BCUT2D eigenvalue weighted by Crippen LogP contribution is -2.28. The molecule has 1 atom stereocenters. The Morgan fingerprint density at radius 1 is 1.42 bits per heavy atom. The van der Waals surface area contributed by atoms with Gasteiger partial charge in [0.05, 0.1) is 5.92 Å². The SMILES string of the molecule is CCCc1nnc(NC(=O)[C@@H]2CC(=O)N(c3cccc(C)c3)C2)s1. The molecular weight excluding hydrogens is 324 g/mol. The minimum absolute atomic E-state index is 0.0234. The van der Waals surface area contributed by atoms with Crippen LogP contribution >= 0.6 is 11.3 Å². The van der Waals surface area contributed by atoms with Crippen LogP contribution in [0.1, 0.15) is 30.3 Å². The summed E-state index contributed by atoms with van der Waals surface area (Å²) in [6.07, 6.45) is 2.07. The van der Waals surface area contributed by atoms with E-state index in [9.17, 15) is 9.59 Å². The fraction of sp³-hybridized carbons (Fsp3) is 0.412. The highest BCUT2D eigenvalue weighted by atomic mass is 32.1. The summed E-state index contributed by atoms with van der Waals surface area (Å²) in [4.78, 5) is 26.4. The van der Waals surface area contributed by atoms with Gasteiger partial charge in [0.25, 0.3) is 0 Å². The molecule has 1 aliphatic heterocycles. The summed E-state index contributed by atoms with van der Waals surface area (Å²) in [7, 11) is 0. The monoisotopic (exact) mass is 344 g/mol. The highest BCUT2D eigenvalue weighted by Crippen LogP contribution is 2.27. The second-order valence-corrected chi connectivity index (χ2v) is 7.05. The molecule has 0 bridgehead atoms. The van der Waals surface area contributed by atoms with Crippen LogP contribution in [0.25, 0.3) is 0 Å². The van der Waals surface area contributed by atoms with Crippen molar-refractivity contribution in [1.82, 2.24) is 10.2 Å². The van der Waals surface area contributed by atoms with Crippen LogP contribution in [-0.2, 0) is 16.0 Å². The summed E-state index contributed by atoms with van der Waals surface area (Å²) in [6, 6.07) is 7.76. The van der Waals surface area contributed by atoms with Crippen LogP contribution in [0, 0.1) is 12.8 Å². The van der Waals surface area contributed by atoms with Gasteiger partial charge in [-0.2, -0.15) is 0 Å². The first-order valence-corrected chi connectivity index (χ1v) is 8.88. The second-order valence-electron chi connectivity index (χ2n) is 5.98. The number of carbonyl (C=O) groups excluding carboxylic acids is 2. The number of rotatable bonds is 5. The summed E-state index contributed by atoms with van der Waals surface area (Å²) in [5, 5.41) is 12.3. The zero-order chi connectivity index (χ0) is 17.1. The predicted octanol–water partition coefficient (Wildman–Crippen LogP) is 2.79. The number of carbonyl (C=O) groups is 2. The number of benzene rings is 1. The maximum Gasteiger partial charge on any atom is 0.231 e. The Hall–Kier alpha value is -2.28.